The van der Waals surface area contributed by atoms with E-state index in [2.05, 4.69) is 23.2 Å². The highest BCUT2D eigenvalue weighted by Gasteiger charge is 2.13. The standard InChI is InChI=1S/C17H21N3O/c1-13-10-14(11-15(12-18)17(21)19-2)6-7-16(13)20-8-4-3-5-9-20/h6-7,10-11H,3-5,8-9H2,1-2H3,(H,19,21). The van der Waals surface area contributed by atoms with Crippen molar-refractivity contribution in [2.24, 2.45) is 0 Å². The quantitative estimate of drug-likeness (QED) is 0.685. The second-order valence-electron chi connectivity index (χ2n) is 5.34. The van der Waals surface area contributed by atoms with Crippen LogP contribution >= 0.6 is 0 Å². The van der Waals surface area contributed by atoms with Gasteiger partial charge in [0, 0.05) is 25.8 Å². The molecule has 0 unspecified atom stereocenters. The molecule has 0 saturated carbocycles. The first-order valence-corrected chi connectivity index (χ1v) is 7.35. The zero-order valence-electron chi connectivity index (χ0n) is 12.6. The largest absolute Gasteiger partial charge is 0.371 e. The molecule has 110 valence electrons. The zero-order chi connectivity index (χ0) is 15.2. The Kier molecular flexibility index (Phi) is 4.99. The van der Waals surface area contributed by atoms with Crippen LogP contribution in [0.25, 0.3) is 6.08 Å². The second kappa shape index (κ2) is 6.94. The molecule has 0 radical (unpaired) electrons. The van der Waals surface area contributed by atoms with Crippen molar-refractivity contribution < 1.29 is 4.79 Å². The van der Waals surface area contributed by atoms with Crippen LogP contribution in [-0.2, 0) is 4.79 Å². The lowest BCUT2D eigenvalue weighted by Gasteiger charge is -2.30. The van der Waals surface area contributed by atoms with Gasteiger partial charge >= 0.3 is 0 Å². The van der Waals surface area contributed by atoms with Crippen molar-refractivity contribution in [2.75, 3.05) is 25.0 Å². The van der Waals surface area contributed by atoms with Crippen LogP contribution < -0.4 is 10.2 Å². The molecule has 21 heavy (non-hydrogen) atoms. The van der Waals surface area contributed by atoms with Crippen molar-refractivity contribution >= 4 is 17.7 Å². The molecular formula is C17H21N3O. The van der Waals surface area contributed by atoms with Gasteiger partial charge in [0.05, 0.1) is 0 Å². The SMILES string of the molecule is CNC(=O)C(C#N)=Cc1ccc(N2CCCCC2)c(C)c1. The second-order valence-corrected chi connectivity index (χ2v) is 5.34. The van der Waals surface area contributed by atoms with E-state index < -0.39 is 0 Å². The Labute approximate surface area is 126 Å². The molecule has 0 bridgehead atoms. The molecule has 1 aromatic carbocycles. The smallest absolute Gasteiger partial charge is 0.261 e. The predicted octanol–water partition coefficient (Wildman–Crippen LogP) is 2.64. The predicted molar refractivity (Wildman–Crippen MR) is 84.9 cm³/mol. The van der Waals surface area contributed by atoms with Crippen LogP contribution in [0.5, 0.6) is 0 Å². The zero-order valence-corrected chi connectivity index (χ0v) is 12.6. The number of hydrogen-bond acceptors (Lipinski definition) is 3. The molecule has 2 rings (SSSR count). The van der Waals surface area contributed by atoms with Crippen LogP contribution in [0.15, 0.2) is 23.8 Å². The van der Waals surface area contributed by atoms with Crippen LogP contribution in [-0.4, -0.2) is 26.0 Å². The first kappa shape index (κ1) is 15.1. The maximum Gasteiger partial charge on any atom is 0.261 e. The fraction of sp³-hybridized carbons (Fsp3) is 0.412. The summed E-state index contributed by atoms with van der Waals surface area (Å²) < 4.78 is 0. The number of piperidine rings is 1. The number of benzene rings is 1. The molecule has 0 aliphatic carbocycles. The molecule has 4 heteroatoms. The third-order valence-corrected chi connectivity index (χ3v) is 3.82. The number of hydrogen-bond donors (Lipinski definition) is 1. The van der Waals surface area contributed by atoms with Crippen molar-refractivity contribution in [3.8, 4) is 6.07 Å². The molecule has 1 amide bonds. The number of anilines is 1. The minimum Gasteiger partial charge on any atom is -0.371 e. The summed E-state index contributed by atoms with van der Waals surface area (Å²) in [7, 11) is 1.53. The number of nitriles is 1. The highest BCUT2D eigenvalue weighted by atomic mass is 16.1. The van der Waals surface area contributed by atoms with E-state index in [1.54, 1.807) is 6.08 Å². The Morgan fingerprint density at radius 3 is 2.62 bits per heavy atom. The van der Waals surface area contributed by atoms with Crippen LogP contribution in [0, 0.1) is 18.3 Å². The van der Waals surface area contributed by atoms with Gasteiger partial charge in [-0.25, -0.2) is 0 Å². The molecule has 0 atom stereocenters. The topological polar surface area (TPSA) is 56.1 Å². The van der Waals surface area contributed by atoms with E-state index in [1.807, 2.05) is 18.2 Å². The Morgan fingerprint density at radius 2 is 2.05 bits per heavy atom. The van der Waals surface area contributed by atoms with Crippen molar-refractivity contribution in [1.29, 1.82) is 5.26 Å². The number of carbonyl (C=O) groups excluding carboxylic acids is 1. The van der Waals surface area contributed by atoms with E-state index in [9.17, 15) is 4.79 Å². The minimum atomic E-state index is -0.352. The molecule has 1 aliphatic rings. The Hall–Kier alpha value is -2.28. The van der Waals surface area contributed by atoms with Crippen LogP contribution in [0.4, 0.5) is 5.69 Å². The van der Waals surface area contributed by atoms with Crippen LogP contribution in [0.3, 0.4) is 0 Å². The lowest BCUT2D eigenvalue weighted by molar-refractivity contribution is -0.116. The molecule has 0 aromatic heterocycles. The summed E-state index contributed by atoms with van der Waals surface area (Å²) in [6.07, 6.45) is 5.44. The molecule has 0 spiro atoms. The van der Waals surface area contributed by atoms with E-state index in [1.165, 1.54) is 37.6 Å². The fourth-order valence-electron chi connectivity index (χ4n) is 2.71. The number of aryl methyl sites for hydroxylation is 1. The summed E-state index contributed by atoms with van der Waals surface area (Å²) in [6.45, 7) is 4.29. The van der Waals surface area contributed by atoms with E-state index in [0.717, 1.165) is 18.7 Å². The maximum atomic E-state index is 11.5. The summed E-state index contributed by atoms with van der Waals surface area (Å²) in [4.78, 5) is 13.9. The van der Waals surface area contributed by atoms with E-state index >= 15 is 0 Å². The third-order valence-electron chi connectivity index (χ3n) is 3.82. The number of amides is 1. The van der Waals surface area contributed by atoms with E-state index in [4.69, 9.17) is 5.26 Å². The lowest BCUT2D eigenvalue weighted by Crippen LogP contribution is -2.29. The Morgan fingerprint density at radius 1 is 1.33 bits per heavy atom. The molecule has 1 aliphatic heterocycles. The van der Waals surface area contributed by atoms with Gasteiger partial charge in [-0.15, -0.1) is 0 Å². The van der Waals surface area contributed by atoms with Crippen molar-refractivity contribution in [1.82, 2.24) is 5.32 Å². The number of carbonyl (C=O) groups is 1. The molecule has 1 N–H and O–H groups in total. The Bertz CT molecular complexity index is 593. The van der Waals surface area contributed by atoms with Crippen LogP contribution in [0.1, 0.15) is 30.4 Å². The molecule has 1 saturated heterocycles. The van der Waals surface area contributed by atoms with Gasteiger partial charge in [0.25, 0.3) is 5.91 Å². The van der Waals surface area contributed by atoms with Gasteiger partial charge in [-0.1, -0.05) is 6.07 Å². The average molecular weight is 283 g/mol. The van der Waals surface area contributed by atoms with Gasteiger partial charge in [-0.05, 0) is 55.5 Å². The number of nitrogens with zero attached hydrogens (tertiary/aromatic N) is 2. The summed E-state index contributed by atoms with van der Waals surface area (Å²) in [5.41, 5.74) is 3.45. The molecule has 1 heterocycles. The van der Waals surface area contributed by atoms with Gasteiger partial charge in [0.15, 0.2) is 0 Å². The van der Waals surface area contributed by atoms with E-state index in [0.29, 0.717) is 0 Å². The number of likely N-dealkylation sites (N-methyl/N-ethyl adjacent to an activating group) is 1. The highest BCUT2D eigenvalue weighted by Crippen LogP contribution is 2.25. The first-order chi connectivity index (χ1) is 10.2. The molecule has 4 nitrogen and oxygen atoms in total. The maximum absolute atomic E-state index is 11.5. The molecule has 1 fully saturated rings. The van der Waals surface area contributed by atoms with Gasteiger partial charge in [-0.3, -0.25) is 4.79 Å². The van der Waals surface area contributed by atoms with E-state index in [-0.39, 0.29) is 11.5 Å². The summed E-state index contributed by atoms with van der Waals surface area (Å²) >= 11 is 0. The van der Waals surface area contributed by atoms with Gasteiger partial charge < -0.3 is 10.2 Å². The Balaban J connectivity index is 2.24. The number of nitrogens with one attached hydrogen (secondary N) is 1. The first-order valence-electron chi connectivity index (χ1n) is 7.35. The minimum absolute atomic E-state index is 0.127. The summed E-state index contributed by atoms with van der Waals surface area (Å²) in [6, 6.07) is 8.03. The highest BCUT2D eigenvalue weighted by molar-refractivity contribution is 6.01. The van der Waals surface area contributed by atoms with Crippen molar-refractivity contribution in [2.45, 2.75) is 26.2 Å². The monoisotopic (exact) mass is 283 g/mol. The lowest BCUT2D eigenvalue weighted by atomic mass is 10.0. The van der Waals surface area contributed by atoms with Gasteiger partial charge in [-0.2, -0.15) is 5.26 Å². The normalized spacial score (nSPS) is 15.5. The summed E-state index contributed by atoms with van der Waals surface area (Å²) in [5.74, 6) is -0.352. The summed E-state index contributed by atoms with van der Waals surface area (Å²) in [5, 5.41) is 11.5. The fourth-order valence-corrected chi connectivity index (χ4v) is 2.71. The third kappa shape index (κ3) is 3.63. The number of rotatable bonds is 3. The van der Waals surface area contributed by atoms with Gasteiger partial charge in [0.2, 0.25) is 0 Å². The van der Waals surface area contributed by atoms with Crippen molar-refractivity contribution in [3.05, 3.63) is 34.9 Å². The molecule has 1 aromatic rings. The average Bonchev–Trinajstić information content (AvgIpc) is 2.52. The van der Waals surface area contributed by atoms with Gasteiger partial charge in [0.1, 0.15) is 11.6 Å². The molecular weight excluding hydrogens is 262 g/mol. The van der Waals surface area contributed by atoms with Crippen molar-refractivity contribution in [3.63, 3.8) is 0 Å². The van der Waals surface area contributed by atoms with Crippen LogP contribution in [0.2, 0.25) is 0 Å².